The third-order valence-corrected chi connectivity index (χ3v) is 12.4. The number of hydrogen-bond acceptors (Lipinski definition) is 16. The van der Waals surface area contributed by atoms with E-state index in [1.54, 1.807) is 38.4 Å². The highest BCUT2D eigenvalue weighted by atomic mass is 16.5. The summed E-state index contributed by atoms with van der Waals surface area (Å²) < 4.78 is 19.8. The first-order valence-electron chi connectivity index (χ1n) is 26.8. The minimum absolute atomic E-state index is 0.0473. The standard InChI is InChI=1S/C21H28N2O2.C20H27N3O3.C7H8N2O.2C4H8O2.C2H4O2/c1-16(24)15-19(14-8-11-17-9-4-2-5-10-17)21-22-20(23-25-21)18-12-6-3-7-13-18;24-18(22-25)14-17(13-7-10-15-8-3-1-4-9-15)20-21-19(23-26-20)16-11-5-2-6-12-16;8-7(9-10)6-4-2-1-3-5-6;2*1-3-6-4(2)5;1-2(3)4/h3,6-7,12-13,17,19H,2,4-5,8-11,14-15H2,1H3;2,5-6,11-12,15,17,25H,1,3-4,7-10,13-14H2,(H,22,24);1-5,10H,(H2,8,9);2*3H2,1-2H3;1H3,(H,3,4)/t19-;17-;;;;/m11..../s1. The molecule has 3 aromatic carbocycles. The molecule has 6 N–H and O–H groups in total. The number of carboxylic acid groups (broad SMARTS) is 1. The van der Waals surface area contributed by atoms with Crippen LogP contribution in [0.1, 0.15) is 186 Å². The lowest BCUT2D eigenvalue weighted by Gasteiger charge is -2.22. The normalized spacial score (nSPS) is 13.9. The van der Waals surface area contributed by atoms with Crippen LogP contribution in [0.2, 0.25) is 0 Å². The van der Waals surface area contributed by atoms with E-state index in [9.17, 15) is 19.2 Å². The summed E-state index contributed by atoms with van der Waals surface area (Å²) in [7, 11) is 0. The van der Waals surface area contributed by atoms with Gasteiger partial charge in [0.15, 0.2) is 5.84 Å². The maximum atomic E-state index is 11.7. The molecule has 0 aliphatic heterocycles. The van der Waals surface area contributed by atoms with E-state index in [1.807, 2.05) is 78.9 Å². The average molecular weight is 1070 g/mol. The fourth-order valence-electron chi connectivity index (χ4n) is 8.78. The Bertz CT molecular complexity index is 2380. The van der Waals surface area contributed by atoms with Crippen molar-refractivity contribution < 1.29 is 58.0 Å². The number of rotatable bonds is 19. The number of aromatic nitrogens is 4. The van der Waals surface area contributed by atoms with Gasteiger partial charge in [-0.25, -0.2) is 5.48 Å². The molecule has 0 spiro atoms. The zero-order chi connectivity index (χ0) is 56.6. The predicted octanol–water partition coefficient (Wildman–Crippen LogP) is 12.0. The van der Waals surface area contributed by atoms with Crippen LogP contribution in [-0.4, -0.2) is 84.5 Å². The number of nitrogens with two attached hydrogens (primary N) is 1. The molecule has 2 atom stereocenters. The number of ether oxygens (including phenoxy) is 2. The second kappa shape index (κ2) is 40.0. The first kappa shape index (κ1) is 65.8. The predicted molar refractivity (Wildman–Crippen MR) is 293 cm³/mol. The molecule has 2 saturated carbocycles. The van der Waals surface area contributed by atoms with Crippen molar-refractivity contribution in [3.05, 3.63) is 108 Å². The molecule has 77 heavy (non-hydrogen) atoms. The Hall–Kier alpha value is -7.28. The van der Waals surface area contributed by atoms with Gasteiger partial charge in [-0.05, 0) is 45.4 Å². The highest BCUT2D eigenvalue weighted by Crippen LogP contribution is 2.33. The van der Waals surface area contributed by atoms with Gasteiger partial charge < -0.3 is 39.4 Å². The minimum Gasteiger partial charge on any atom is -0.481 e. The number of oxime groups is 1. The van der Waals surface area contributed by atoms with Gasteiger partial charge in [0.2, 0.25) is 29.3 Å². The van der Waals surface area contributed by atoms with Gasteiger partial charge in [-0.15, -0.1) is 0 Å². The number of hydroxylamine groups is 1. The number of amidine groups is 1. The number of ketones is 1. The first-order valence-corrected chi connectivity index (χ1v) is 26.8. The highest BCUT2D eigenvalue weighted by Gasteiger charge is 2.25. The Balaban J connectivity index is 0.000000364. The summed E-state index contributed by atoms with van der Waals surface area (Å²) in [5.74, 6) is 2.41. The van der Waals surface area contributed by atoms with Crippen molar-refractivity contribution in [1.82, 2.24) is 25.8 Å². The molecule has 2 aliphatic carbocycles. The summed E-state index contributed by atoms with van der Waals surface area (Å²) in [5, 5.41) is 35.6. The molecule has 0 saturated heterocycles. The topological polar surface area (TPSA) is 293 Å². The highest BCUT2D eigenvalue weighted by molar-refractivity contribution is 5.96. The van der Waals surface area contributed by atoms with Crippen LogP contribution >= 0.6 is 0 Å². The zero-order valence-corrected chi connectivity index (χ0v) is 45.9. The Kier molecular flexibility index (Phi) is 34.2. The Morgan fingerprint density at radius 2 is 1.01 bits per heavy atom. The molecular formula is C58H83N7O12. The second-order valence-corrected chi connectivity index (χ2v) is 18.8. The summed E-state index contributed by atoms with van der Waals surface area (Å²) in [6.07, 6.45) is 20.6. The molecule has 2 fully saturated rings. The van der Waals surface area contributed by atoms with Gasteiger partial charge in [0.1, 0.15) is 5.78 Å². The molecule has 0 bridgehead atoms. The van der Waals surface area contributed by atoms with Gasteiger partial charge in [-0.2, -0.15) is 9.97 Å². The van der Waals surface area contributed by atoms with E-state index in [4.69, 9.17) is 35.1 Å². The molecule has 0 unspecified atom stereocenters. The number of esters is 2. The van der Waals surface area contributed by atoms with E-state index in [-0.39, 0.29) is 41.8 Å². The van der Waals surface area contributed by atoms with Crippen molar-refractivity contribution in [3.63, 3.8) is 0 Å². The summed E-state index contributed by atoms with van der Waals surface area (Å²) in [6, 6.07) is 28.5. The van der Waals surface area contributed by atoms with Crippen LogP contribution in [0, 0.1) is 11.8 Å². The smallest absolute Gasteiger partial charge is 0.302 e. The number of carbonyl (C=O) groups excluding carboxylic acids is 4. The van der Waals surface area contributed by atoms with Gasteiger partial charge >= 0.3 is 11.9 Å². The first-order chi connectivity index (χ1) is 37.1. The van der Waals surface area contributed by atoms with Crippen molar-refractivity contribution in [1.29, 1.82) is 0 Å². The molecule has 19 nitrogen and oxygen atoms in total. The minimum atomic E-state index is -0.833. The number of hydrogen-bond donors (Lipinski definition) is 5. The van der Waals surface area contributed by atoms with E-state index in [0.717, 1.165) is 61.1 Å². The summed E-state index contributed by atoms with van der Waals surface area (Å²) in [5.41, 5.74) is 9.57. The number of nitrogens with one attached hydrogen (secondary N) is 1. The van der Waals surface area contributed by atoms with Crippen LogP contribution in [-0.2, 0) is 33.4 Å². The van der Waals surface area contributed by atoms with Crippen LogP contribution in [0.3, 0.4) is 0 Å². The third kappa shape index (κ3) is 30.2. The van der Waals surface area contributed by atoms with Gasteiger partial charge in [0.25, 0.3) is 5.97 Å². The van der Waals surface area contributed by atoms with Gasteiger partial charge in [-0.1, -0.05) is 196 Å². The van der Waals surface area contributed by atoms with Crippen molar-refractivity contribution in [2.45, 2.75) is 169 Å². The van der Waals surface area contributed by atoms with Gasteiger partial charge in [-0.3, -0.25) is 24.4 Å². The van der Waals surface area contributed by atoms with Crippen LogP contribution < -0.4 is 11.2 Å². The van der Waals surface area contributed by atoms with Crippen LogP contribution in [0.25, 0.3) is 22.8 Å². The van der Waals surface area contributed by atoms with Crippen molar-refractivity contribution in [2.75, 3.05) is 13.2 Å². The van der Waals surface area contributed by atoms with Gasteiger partial charge in [0.05, 0.1) is 13.2 Å². The number of amides is 1. The molecule has 5 aromatic rings. The Morgan fingerprint density at radius 1 is 0.636 bits per heavy atom. The quantitative estimate of drug-likeness (QED) is 0.0128. The van der Waals surface area contributed by atoms with Crippen LogP contribution in [0.5, 0.6) is 0 Å². The van der Waals surface area contributed by atoms with Crippen molar-refractivity contribution >= 4 is 35.4 Å². The van der Waals surface area contributed by atoms with E-state index in [1.165, 1.54) is 90.9 Å². The molecule has 2 heterocycles. The van der Waals surface area contributed by atoms with E-state index in [2.05, 4.69) is 34.9 Å². The third-order valence-electron chi connectivity index (χ3n) is 12.4. The van der Waals surface area contributed by atoms with Crippen LogP contribution in [0.15, 0.2) is 105 Å². The van der Waals surface area contributed by atoms with Gasteiger partial charge in [0, 0.05) is 62.1 Å². The number of benzene rings is 3. The molecule has 2 aliphatic rings. The lowest BCUT2D eigenvalue weighted by Crippen LogP contribution is -2.21. The number of nitrogens with zero attached hydrogens (tertiary/aromatic N) is 5. The lowest BCUT2D eigenvalue weighted by molar-refractivity contribution is -0.141. The molecule has 1 amide bonds. The molecule has 19 heteroatoms. The fourth-order valence-corrected chi connectivity index (χ4v) is 8.78. The molecular weight excluding hydrogens is 987 g/mol. The molecule has 0 radical (unpaired) electrons. The molecule has 7 rings (SSSR count). The van der Waals surface area contributed by atoms with E-state index in [0.29, 0.717) is 43.1 Å². The molecule has 422 valence electrons. The SMILES string of the molecule is CC(=O)C[C@@H](CCCC1CCCCC1)c1nc(-c2ccccc2)no1.CC(=O)O.CCOC(C)=O.CCOC(C)=O.N/C(=N\O)c1ccccc1.O=C(C[C@@H](CCCC1CCCCC1)c1nc(-c2ccccc2)no1)NO. The summed E-state index contributed by atoms with van der Waals surface area (Å²) >= 11 is 0. The Morgan fingerprint density at radius 3 is 1.34 bits per heavy atom. The summed E-state index contributed by atoms with van der Waals surface area (Å²) in [6.45, 7) is 10.0. The fraction of sp³-hybridized carbons (Fsp3) is 0.517. The molecule has 2 aromatic heterocycles. The van der Waals surface area contributed by atoms with Crippen molar-refractivity contribution in [3.8, 4) is 22.8 Å². The van der Waals surface area contributed by atoms with E-state index >= 15 is 0 Å². The number of aliphatic carboxylic acids is 1. The van der Waals surface area contributed by atoms with E-state index < -0.39 is 11.9 Å². The average Bonchev–Trinajstić information content (AvgIpc) is 4.14. The van der Waals surface area contributed by atoms with Crippen molar-refractivity contribution in [2.24, 2.45) is 22.7 Å². The number of carbonyl (C=O) groups is 5. The monoisotopic (exact) mass is 1070 g/mol. The maximum absolute atomic E-state index is 11.7. The number of Topliss-reactive ketones (excluding diaryl/α,β-unsaturated/α-hetero) is 1. The zero-order valence-electron chi connectivity index (χ0n) is 45.9. The largest absolute Gasteiger partial charge is 0.481 e. The Labute approximate surface area is 453 Å². The maximum Gasteiger partial charge on any atom is 0.302 e. The van der Waals surface area contributed by atoms with Crippen LogP contribution in [0.4, 0.5) is 0 Å². The second-order valence-electron chi connectivity index (χ2n) is 18.8. The summed E-state index contributed by atoms with van der Waals surface area (Å²) in [4.78, 5) is 61.1. The lowest BCUT2D eigenvalue weighted by atomic mass is 9.84. The number of carboxylic acids is 1.